The number of nitrogens with zero attached hydrogens (tertiary/aromatic N) is 3. The van der Waals surface area contributed by atoms with E-state index >= 15 is 0 Å². The van der Waals surface area contributed by atoms with Crippen molar-refractivity contribution in [3.8, 4) is 89.7 Å². The molecule has 0 spiro atoms. The average Bonchev–Trinajstić information content (AvgIpc) is 3.74. The number of imidazole rings is 1. The predicted molar refractivity (Wildman–Crippen MR) is 285 cm³/mol. The van der Waals surface area contributed by atoms with Gasteiger partial charge in [0, 0.05) is 22.9 Å². The highest BCUT2D eigenvalue weighted by molar-refractivity contribution is 5.98. The Labute approximate surface area is 401 Å². The van der Waals surface area contributed by atoms with Crippen LogP contribution in [0.15, 0.2) is 194 Å². The minimum Gasteiger partial charge on any atom is -0.507 e. The zero-order chi connectivity index (χ0) is 47.3. The lowest BCUT2D eigenvalue weighted by atomic mass is 9.83. The van der Waals surface area contributed by atoms with Crippen molar-refractivity contribution in [2.75, 3.05) is 0 Å². The molecule has 10 rings (SSSR count). The summed E-state index contributed by atoms with van der Waals surface area (Å²) in [6, 6.07) is 67.3. The molecule has 2 heterocycles. The third-order valence-electron chi connectivity index (χ3n) is 13.3. The number of fused-ring (bicyclic) bond motifs is 1. The van der Waals surface area contributed by atoms with Crippen molar-refractivity contribution in [2.45, 2.75) is 66.2 Å². The van der Waals surface area contributed by atoms with E-state index in [9.17, 15) is 5.11 Å². The lowest BCUT2D eigenvalue weighted by molar-refractivity contribution is 0.472. The minimum atomic E-state index is -0.0829. The number of pyridine rings is 1. The van der Waals surface area contributed by atoms with E-state index in [0.29, 0.717) is 11.4 Å². The number of aromatic hydroxyl groups is 1. The van der Waals surface area contributed by atoms with E-state index in [4.69, 9.17) is 9.97 Å². The van der Waals surface area contributed by atoms with Gasteiger partial charge < -0.3 is 5.11 Å². The van der Waals surface area contributed by atoms with E-state index in [1.54, 1.807) is 0 Å². The summed E-state index contributed by atoms with van der Waals surface area (Å²) in [5, 5.41) is 11.9. The van der Waals surface area contributed by atoms with Crippen molar-refractivity contribution in [1.29, 1.82) is 0 Å². The Bertz CT molecular complexity index is 3460. The molecule has 334 valence electrons. The molecule has 4 heteroatoms. The second-order valence-corrected chi connectivity index (χ2v) is 20.3. The first-order chi connectivity index (χ1) is 32.7. The van der Waals surface area contributed by atoms with Crippen LogP contribution in [0.3, 0.4) is 0 Å². The van der Waals surface area contributed by atoms with Gasteiger partial charge in [-0.3, -0.25) is 9.55 Å². The van der Waals surface area contributed by atoms with Crippen molar-refractivity contribution < 1.29 is 5.11 Å². The summed E-state index contributed by atoms with van der Waals surface area (Å²) >= 11 is 0. The Kier molecular flexibility index (Phi) is 11.3. The van der Waals surface area contributed by atoms with E-state index in [-0.39, 0.29) is 16.6 Å². The first-order valence-corrected chi connectivity index (χ1v) is 23.6. The van der Waals surface area contributed by atoms with Crippen molar-refractivity contribution in [1.82, 2.24) is 14.5 Å². The Hall–Kier alpha value is -7.82. The summed E-state index contributed by atoms with van der Waals surface area (Å²) in [4.78, 5) is 10.6. The Morgan fingerprint density at radius 2 is 1.00 bits per heavy atom. The number of benzene rings is 8. The molecule has 0 atom stereocenters. The lowest BCUT2D eigenvalue weighted by Crippen LogP contribution is -2.12. The zero-order valence-corrected chi connectivity index (χ0v) is 40.3. The Morgan fingerprint density at radius 1 is 0.426 bits per heavy atom. The maximum absolute atomic E-state index is 11.9. The maximum Gasteiger partial charge on any atom is 0.149 e. The second-order valence-electron chi connectivity index (χ2n) is 20.3. The third-order valence-corrected chi connectivity index (χ3v) is 13.3. The summed E-state index contributed by atoms with van der Waals surface area (Å²) in [6.45, 7) is 17.6. The van der Waals surface area contributed by atoms with Gasteiger partial charge in [0.2, 0.25) is 0 Å². The summed E-state index contributed by atoms with van der Waals surface area (Å²) < 4.78 is 2.27. The highest BCUT2D eigenvalue weighted by Gasteiger charge is 2.25. The lowest BCUT2D eigenvalue weighted by Gasteiger charge is -2.24. The number of phenols is 1. The van der Waals surface area contributed by atoms with Crippen LogP contribution in [-0.2, 0) is 10.8 Å². The fourth-order valence-electron chi connectivity index (χ4n) is 9.45. The van der Waals surface area contributed by atoms with Gasteiger partial charge in [-0.2, -0.15) is 0 Å². The van der Waals surface area contributed by atoms with Crippen LogP contribution in [0.2, 0.25) is 0 Å². The number of hydrogen-bond acceptors (Lipinski definition) is 3. The number of hydrogen-bond donors (Lipinski definition) is 1. The first-order valence-electron chi connectivity index (χ1n) is 23.6. The quantitative estimate of drug-likeness (QED) is 0.165. The van der Waals surface area contributed by atoms with Gasteiger partial charge in [-0.05, 0) is 146 Å². The van der Waals surface area contributed by atoms with Gasteiger partial charge >= 0.3 is 0 Å². The van der Waals surface area contributed by atoms with Crippen LogP contribution < -0.4 is 0 Å². The fourth-order valence-corrected chi connectivity index (χ4v) is 9.45. The van der Waals surface area contributed by atoms with E-state index < -0.39 is 0 Å². The Balaban J connectivity index is 1.19. The number of rotatable bonds is 8. The monoisotopic (exact) mass is 883 g/mol. The van der Waals surface area contributed by atoms with Gasteiger partial charge in [0.25, 0.3) is 0 Å². The molecule has 0 fully saturated rings. The molecule has 4 nitrogen and oxygen atoms in total. The molecule has 0 saturated carbocycles. The molecule has 0 amide bonds. The van der Waals surface area contributed by atoms with Crippen LogP contribution in [0.4, 0.5) is 0 Å². The number of phenolic OH excluding ortho intramolecular Hbond substituents is 1. The smallest absolute Gasteiger partial charge is 0.149 e. The summed E-state index contributed by atoms with van der Waals surface area (Å²) in [5.41, 5.74) is 20.7. The van der Waals surface area contributed by atoms with E-state index in [1.165, 1.54) is 22.3 Å². The van der Waals surface area contributed by atoms with Crippen LogP contribution >= 0.6 is 0 Å². The van der Waals surface area contributed by atoms with Crippen LogP contribution in [0.25, 0.3) is 95.0 Å². The minimum absolute atomic E-state index is 0.0188. The molecule has 2 aromatic heterocycles. The van der Waals surface area contributed by atoms with Gasteiger partial charge in [-0.25, -0.2) is 4.98 Å². The first kappa shape index (κ1) is 44.0. The van der Waals surface area contributed by atoms with Gasteiger partial charge in [-0.1, -0.05) is 175 Å². The number of aromatic nitrogens is 3. The highest BCUT2D eigenvalue weighted by Crippen LogP contribution is 2.44. The normalized spacial score (nSPS) is 11.9. The van der Waals surface area contributed by atoms with E-state index in [1.807, 2.05) is 25.3 Å². The third kappa shape index (κ3) is 8.55. The van der Waals surface area contributed by atoms with Crippen molar-refractivity contribution in [3.05, 3.63) is 217 Å². The molecule has 0 radical (unpaired) electrons. The molecular weight excluding hydrogens is 827 g/mol. The van der Waals surface area contributed by atoms with Gasteiger partial charge in [-0.15, -0.1) is 0 Å². The molecule has 8 aromatic carbocycles. The van der Waals surface area contributed by atoms with Gasteiger partial charge in [0.05, 0.1) is 28.0 Å². The molecule has 68 heavy (non-hydrogen) atoms. The molecular formula is C64H57N3O. The average molecular weight is 884 g/mol. The van der Waals surface area contributed by atoms with E-state index in [2.05, 4.69) is 229 Å². The maximum atomic E-state index is 11.9. The van der Waals surface area contributed by atoms with Crippen molar-refractivity contribution in [3.63, 3.8) is 0 Å². The van der Waals surface area contributed by atoms with Crippen LogP contribution in [-0.4, -0.2) is 19.6 Å². The van der Waals surface area contributed by atoms with Crippen LogP contribution in [0, 0.1) is 13.8 Å². The molecule has 0 bridgehead atoms. The molecule has 0 unspecified atom stereocenters. The Morgan fingerprint density at radius 3 is 1.66 bits per heavy atom. The van der Waals surface area contributed by atoms with Gasteiger partial charge in [0.15, 0.2) is 0 Å². The van der Waals surface area contributed by atoms with Crippen molar-refractivity contribution in [2.24, 2.45) is 0 Å². The number of para-hydroxylation sites is 1. The van der Waals surface area contributed by atoms with E-state index in [0.717, 1.165) is 83.6 Å². The van der Waals surface area contributed by atoms with Gasteiger partial charge in [0.1, 0.15) is 11.6 Å². The predicted octanol–water partition coefficient (Wildman–Crippen LogP) is 17.0. The highest BCUT2D eigenvalue weighted by atomic mass is 16.3. The second kappa shape index (κ2) is 17.4. The molecule has 10 aromatic rings. The number of aryl methyl sites for hydroxylation is 2. The topological polar surface area (TPSA) is 50.9 Å². The molecule has 0 aliphatic rings. The summed E-state index contributed by atoms with van der Waals surface area (Å²) in [6.07, 6.45) is 1.91. The summed E-state index contributed by atoms with van der Waals surface area (Å²) in [7, 11) is 0. The molecule has 0 aliphatic carbocycles. The SMILES string of the molecule is Cc1cc(C)c(O)c(-c2nc3c(-c4cc(-c5ccccc5)cc(-c5cc(-c6ccc(-c7ccccc7)cc6)ccn5)c4)cccc3n2-c2ccc(C(C)(C)C)cc2-c2ccc(C(C)(C)C)cc2)c1. The molecule has 0 aliphatic heterocycles. The largest absolute Gasteiger partial charge is 0.507 e. The van der Waals surface area contributed by atoms with Crippen LogP contribution in [0.5, 0.6) is 5.75 Å². The fraction of sp³-hybridized carbons (Fsp3) is 0.156. The van der Waals surface area contributed by atoms with Crippen molar-refractivity contribution >= 4 is 11.0 Å². The van der Waals surface area contributed by atoms with Crippen LogP contribution in [0.1, 0.15) is 63.8 Å². The zero-order valence-electron chi connectivity index (χ0n) is 40.3. The molecule has 0 saturated heterocycles. The standard InChI is InChI=1S/C64H57N3O/c1-41-34-42(2)61(68)56(35-41)62-66-60-54(20-15-21-59(60)67(62)58-31-30-53(64(6,7)8)40-55(58)47-26-28-52(29-27-47)63(3,4)5)50-36-49(44-18-13-10-14-19-44)37-51(38-50)57-39-48(32-33-65-57)46-24-22-45(23-25-46)43-16-11-9-12-17-43/h9-40,68H,1-8H3. The molecule has 1 N–H and O–H groups in total. The summed E-state index contributed by atoms with van der Waals surface area (Å²) in [5.74, 6) is 0.907.